The molecule has 0 saturated heterocycles. The van der Waals surface area contributed by atoms with Gasteiger partial charge >= 0.3 is 0 Å². The van der Waals surface area contributed by atoms with Gasteiger partial charge in [0.05, 0.1) is 17.5 Å². The first-order chi connectivity index (χ1) is 14.7. The van der Waals surface area contributed by atoms with Crippen LogP contribution in [0.2, 0.25) is 0 Å². The first-order valence-electron chi connectivity index (χ1n) is 9.78. The Kier molecular flexibility index (Phi) is 4.55. The van der Waals surface area contributed by atoms with E-state index >= 15 is 0 Å². The lowest BCUT2D eigenvalue weighted by atomic mass is 10.1. The van der Waals surface area contributed by atoms with Crippen molar-refractivity contribution in [3.63, 3.8) is 0 Å². The zero-order valence-corrected chi connectivity index (χ0v) is 16.6. The minimum atomic E-state index is -0.000960. The van der Waals surface area contributed by atoms with Gasteiger partial charge in [-0.3, -0.25) is 14.6 Å². The average molecular weight is 399 g/mol. The molecule has 1 N–H and O–H groups in total. The highest BCUT2D eigenvalue weighted by Crippen LogP contribution is 2.32. The van der Waals surface area contributed by atoms with E-state index in [9.17, 15) is 4.79 Å². The van der Waals surface area contributed by atoms with Gasteiger partial charge in [-0.1, -0.05) is 36.4 Å². The first kappa shape index (κ1) is 18.2. The number of aromatic amines is 1. The average Bonchev–Trinajstić information content (AvgIpc) is 3.49. The van der Waals surface area contributed by atoms with Crippen LogP contribution in [0.3, 0.4) is 0 Å². The number of benzene rings is 2. The summed E-state index contributed by atoms with van der Waals surface area (Å²) in [5.41, 5.74) is 5.71. The molecular formula is C23H21N5O2. The number of aryl methyl sites for hydroxylation is 1. The van der Waals surface area contributed by atoms with E-state index in [4.69, 9.17) is 4.74 Å². The maximum atomic E-state index is 13.1. The number of H-pyrrole nitrogens is 1. The quantitative estimate of drug-likeness (QED) is 0.538. The Morgan fingerprint density at radius 3 is 2.70 bits per heavy atom. The van der Waals surface area contributed by atoms with Gasteiger partial charge in [0.2, 0.25) is 0 Å². The first-order valence-corrected chi connectivity index (χ1v) is 9.78. The van der Waals surface area contributed by atoms with Crippen LogP contribution in [-0.2, 0) is 26.7 Å². The number of amides is 1. The minimum absolute atomic E-state index is 0.000960. The molecule has 2 aromatic heterocycles. The fourth-order valence-electron chi connectivity index (χ4n) is 3.75. The molecule has 30 heavy (non-hydrogen) atoms. The smallest absolute Gasteiger partial charge is 0.258 e. The van der Waals surface area contributed by atoms with Crippen molar-refractivity contribution in [2.75, 3.05) is 0 Å². The molecule has 1 aliphatic heterocycles. The van der Waals surface area contributed by atoms with E-state index in [1.807, 2.05) is 48.6 Å². The fourth-order valence-corrected chi connectivity index (χ4v) is 3.75. The van der Waals surface area contributed by atoms with Crippen LogP contribution in [0.25, 0.3) is 11.1 Å². The van der Waals surface area contributed by atoms with Crippen LogP contribution < -0.4 is 4.74 Å². The van der Waals surface area contributed by atoms with Crippen molar-refractivity contribution in [1.82, 2.24) is 24.9 Å². The van der Waals surface area contributed by atoms with Gasteiger partial charge in [0.25, 0.3) is 5.91 Å². The molecule has 4 aromatic rings. The van der Waals surface area contributed by atoms with Gasteiger partial charge in [-0.2, -0.15) is 10.2 Å². The number of nitrogens with one attached hydrogen (secondary N) is 1. The second-order valence-electron chi connectivity index (χ2n) is 7.41. The molecule has 1 aliphatic rings. The van der Waals surface area contributed by atoms with Crippen molar-refractivity contribution < 1.29 is 9.53 Å². The SMILES string of the molecule is Cn1cc(-c2ccc(CN3Cc4cccc(OCc5cc[nH]n5)c4C3=O)cc2)cn1. The number of carbonyl (C=O) groups is 1. The highest BCUT2D eigenvalue weighted by molar-refractivity contribution is 6.01. The fraction of sp³-hybridized carbons (Fsp3) is 0.174. The summed E-state index contributed by atoms with van der Waals surface area (Å²) in [4.78, 5) is 14.9. The number of rotatable bonds is 6. The maximum absolute atomic E-state index is 13.1. The van der Waals surface area contributed by atoms with E-state index in [1.54, 1.807) is 10.9 Å². The van der Waals surface area contributed by atoms with Gasteiger partial charge in [0.1, 0.15) is 12.4 Å². The van der Waals surface area contributed by atoms with Crippen LogP contribution in [-0.4, -0.2) is 30.8 Å². The van der Waals surface area contributed by atoms with Crippen LogP contribution >= 0.6 is 0 Å². The van der Waals surface area contributed by atoms with Crippen molar-refractivity contribution in [3.05, 3.63) is 89.5 Å². The molecule has 3 heterocycles. The van der Waals surface area contributed by atoms with Gasteiger partial charge in [-0.15, -0.1) is 0 Å². The summed E-state index contributed by atoms with van der Waals surface area (Å²) >= 11 is 0. The summed E-state index contributed by atoms with van der Waals surface area (Å²) in [7, 11) is 1.90. The summed E-state index contributed by atoms with van der Waals surface area (Å²) in [6.07, 6.45) is 5.58. The molecule has 0 fully saturated rings. The van der Waals surface area contributed by atoms with E-state index in [0.29, 0.717) is 31.0 Å². The van der Waals surface area contributed by atoms with Crippen LogP contribution in [0.4, 0.5) is 0 Å². The third-order valence-electron chi connectivity index (χ3n) is 5.27. The van der Waals surface area contributed by atoms with Gasteiger partial charge < -0.3 is 9.64 Å². The Balaban J connectivity index is 1.30. The highest BCUT2D eigenvalue weighted by atomic mass is 16.5. The van der Waals surface area contributed by atoms with E-state index in [2.05, 4.69) is 39.6 Å². The van der Waals surface area contributed by atoms with Gasteiger partial charge in [0, 0.05) is 38.1 Å². The normalized spacial score (nSPS) is 13.0. The molecule has 0 unspecified atom stereocenters. The topological polar surface area (TPSA) is 76.0 Å². The third-order valence-corrected chi connectivity index (χ3v) is 5.27. The molecular weight excluding hydrogens is 378 g/mol. The molecule has 0 bridgehead atoms. The van der Waals surface area contributed by atoms with Crippen LogP contribution in [0.5, 0.6) is 5.75 Å². The number of aromatic nitrogens is 4. The molecule has 150 valence electrons. The lowest BCUT2D eigenvalue weighted by Crippen LogP contribution is -2.23. The summed E-state index contributed by atoms with van der Waals surface area (Å²) < 4.78 is 7.68. The molecule has 1 amide bonds. The zero-order valence-electron chi connectivity index (χ0n) is 16.6. The highest BCUT2D eigenvalue weighted by Gasteiger charge is 2.30. The number of fused-ring (bicyclic) bond motifs is 1. The van der Waals surface area contributed by atoms with Crippen molar-refractivity contribution in [2.24, 2.45) is 7.05 Å². The molecule has 0 atom stereocenters. The molecule has 2 aromatic carbocycles. The van der Waals surface area contributed by atoms with Crippen molar-refractivity contribution in [2.45, 2.75) is 19.7 Å². The van der Waals surface area contributed by atoms with Crippen molar-refractivity contribution in [1.29, 1.82) is 0 Å². The largest absolute Gasteiger partial charge is 0.486 e. The molecule has 0 radical (unpaired) electrons. The Bertz CT molecular complexity index is 1180. The number of hydrogen-bond donors (Lipinski definition) is 1. The number of ether oxygens (including phenoxy) is 1. The Morgan fingerprint density at radius 1 is 1.10 bits per heavy atom. The van der Waals surface area contributed by atoms with Crippen molar-refractivity contribution in [3.8, 4) is 16.9 Å². The summed E-state index contributed by atoms with van der Waals surface area (Å²) in [6.45, 7) is 1.46. The molecule has 5 rings (SSSR count). The van der Waals surface area contributed by atoms with Crippen LogP contribution in [0.1, 0.15) is 27.2 Å². The van der Waals surface area contributed by atoms with E-state index in [0.717, 1.165) is 27.9 Å². The molecule has 0 saturated carbocycles. The number of hydrogen-bond acceptors (Lipinski definition) is 4. The molecule has 7 heteroatoms. The summed E-state index contributed by atoms with van der Waals surface area (Å²) in [5, 5.41) is 11.1. The molecule has 7 nitrogen and oxygen atoms in total. The minimum Gasteiger partial charge on any atom is -0.486 e. The second kappa shape index (κ2) is 7.51. The lowest BCUT2D eigenvalue weighted by Gasteiger charge is -2.16. The van der Waals surface area contributed by atoms with Gasteiger partial charge in [0.15, 0.2) is 0 Å². The number of nitrogens with zero attached hydrogens (tertiary/aromatic N) is 4. The zero-order chi connectivity index (χ0) is 20.5. The number of carbonyl (C=O) groups excluding carboxylic acids is 1. The molecule has 0 spiro atoms. The van der Waals surface area contributed by atoms with Crippen molar-refractivity contribution >= 4 is 5.91 Å². The Labute approximate surface area is 173 Å². The Morgan fingerprint density at radius 2 is 1.97 bits per heavy atom. The standard InChI is InChI=1S/C23H21N5O2/c1-27-13-19(11-25-27)17-7-5-16(6-8-17)12-28-14-18-3-2-4-21(22(18)23(28)29)30-15-20-9-10-24-26-20/h2-11,13H,12,14-15H2,1H3,(H,24,26). The van der Waals surface area contributed by atoms with E-state index in [-0.39, 0.29) is 5.91 Å². The van der Waals surface area contributed by atoms with Gasteiger partial charge in [-0.25, -0.2) is 0 Å². The van der Waals surface area contributed by atoms with Crippen LogP contribution in [0.15, 0.2) is 67.1 Å². The predicted octanol–water partition coefficient (Wildman–Crippen LogP) is 3.55. The summed E-state index contributed by atoms with van der Waals surface area (Å²) in [5.74, 6) is 0.605. The monoisotopic (exact) mass is 399 g/mol. The predicted molar refractivity (Wildman–Crippen MR) is 112 cm³/mol. The van der Waals surface area contributed by atoms with E-state index in [1.165, 1.54) is 0 Å². The van der Waals surface area contributed by atoms with Crippen LogP contribution in [0, 0.1) is 0 Å². The van der Waals surface area contributed by atoms with E-state index < -0.39 is 0 Å². The second-order valence-corrected chi connectivity index (χ2v) is 7.41. The lowest BCUT2D eigenvalue weighted by molar-refractivity contribution is 0.0763. The molecule has 0 aliphatic carbocycles. The Hall–Kier alpha value is -3.87. The maximum Gasteiger partial charge on any atom is 0.258 e. The summed E-state index contributed by atoms with van der Waals surface area (Å²) in [6, 6.07) is 15.9. The third kappa shape index (κ3) is 3.45. The van der Waals surface area contributed by atoms with Gasteiger partial charge in [-0.05, 0) is 28.8 Å².